The molecule has 1 fully saturated rings. The average Bonchev–Trinajstić information content (AvgIpc) is 2.81. The second kappa shape index (κ2) is 5.66. The quantitative estimate of drug-likeness (QED) is 0.873. The van der Waals surface area contributed by atoms with Crippen LogP contribution < -0.4 is 5.32 Å². The van der Waals surface area contributed by atoms with Crippen molar-refractivity contribution in [3.8, 4) is 0 Å². The summed E-state index contributed by atoms with van der Waals surface area (Å²) in [6.45, 7) is 4.44. The number of aryl methyl sites for hydroxylation is 2. The van der Waals surface area contributed by atoms with Crippen LogP contribution in [0.1, 0.15) is 41.6 Å². The van der Waals surface area contributed by atoms with Gasteiger partial charge in [-0.3, -0.25) is 4.79 Å². The van der Waals surface area contributed by atoms with Gasteiger partial charge in [0.1, 0.15) is 11.3 Å². The largest absolute Gasteiger partial charge is 0.480 e. The number of hydrogen-bond donors (Lipinski definition) is 2. The zero-order valence-electron chi connectivity index (χ0n) is 11.7. The van der Waals surface area contributed by atoms with Crippen LogP contribution in [-0.2, 0) is 16.0 Å². The zero-order chi connectivity index (χ0) is 14.8. The molecule has 0 saturated carbocycles. The molecule has 0 aliphatic carbocycles. The minimum Gasteiger partial charge on any atom is -0.480 e. The van der Waals surface area contributed by atoms with E-state index in [4.69, 9.17) is 9.15 Å². The van der Waals surface area contributed by atoms with Crippen molar-refractivity contribution in [2.45, 2.75) is 38.6 Å². The van der Waals surface area contributed by atoms with Gasteiger partial charge in [-0.2, -0.15) is 0 Å². The number of aliphatic carboxylic acids is 1. The van der Waals surface area contributed by atoms with E-state index in [9.17, 15) is 14.7 Å². The lowest BCUT2D eigenvalue weighted by molar-refractivity contribution is -0.148. The van der Waals surface area contributed by atoms with Crippen LogP contribution in [0, 0.1) is 6.92 Å². The molecule has 0 aromatic carbocycles. The summed E-state index contributed by atoms with van der Waals surface area (Å²) in [6.07, 6.45) is 1.21. The molecule has 0 radical (unpaired) electrons. The predicted molar refractivity (Wildman–Crippen MR) is 70.7 cm³/mol. The van der Waals surface area contributed by atoms with E-state index in [0.29, 0.717) is 19.6 Å². The van der Waals surface area contributed by atoms with Crippen LogP contribution >= 0.6 is 0 Å². The summed E-state index contributed by atoms with van der Waals surface area (Å²) in [7, 11) is 0. The Morgan fingerprint density at radius 1 is 1.40 bits per heavy atom. The van der Waals surface area contributed by atoms with Crippen molar-refractivity contribution >= 4 is 11.9 Å². The molecular formula is C14H19NO5. The van der Waals surface area contributed by atoms with Crippen molar-refractivity contribution < 1.29 is 23.8 Å². The van der Waals surface area contributed by atoms with Gasteiger partial charge in [-0.1, -0.05) is 6.92 Å². The molecule has 0 unspecified atom stereocenters. The molecule has 2 heterocycles. The molecule has 6 nitrogen and oxygen atoms in total. The van der Waals surface area contributed by atoms with Gasteiger partial charge in [-0.05, 0) is 18.6 Å². The highest BCUT2D eigenvalue weighted by Crippen LogP contribution is 2.23. The van der Waals surface area contributed by atoms with Gasteiger partial charge in [0.05, 0.1) is 0 Å². The van der Waals surface area contributed by atoms with Crippen molar-refractivity contribution in [3.05, 3.63) is 23.2 Å². The van der Waals surface area contributed by atoms with E-state index >= 15 is 0 Å². The van der Waals surface area contributed by atoms with Crippen LogP contribution in [0.25, 0.3) is 0 Å². The summed E-state index contributed by atoms with van der Waals surface area (Å²) in [6, 6.07) is 1.64. The van der Waals surface area contributed by atoms with Crippen LogP contribution in [0.3, 0.4) is 0 Å². The van der Waals surface area contributed by atoms with Crippen molar-refractivity contribution in [2.24, 2.45) is 0 Å². The highest BCUT2D eigenvalue weighted by Gasteiger charge is 2.42. The number of carbonyl (C=O) groups is 2. The van der Waals surface area contributed by atoms with Gasteiger partial charge in [0.25, 0.3) is 5.91 Å². The average molecular weight is 281 g/mol. The third-order valence-corrected chi connectivity index (χ3v) is 3.67. The number of ether oxygens (including phenoxy) is 1. The number of amides is 1. The molecule has 1 saturated heterocycles. The van der Waals surface area contributed by atoms with E-state index < -0.39 is 17.4 Å². The topological polar surface area (TPSA) is 88.8 Å². The van der Waals surface area contributed by atoms with E-state index in [-0.39, 0.29) is 18.6 Å². The minimum absolute atomic E-state index is 0.159. The third-order valence-electron chi connectivity index (χ3n) is 3.67. The van der Waals surface area contributed by atoms with Gasteiger partial charge in [0.15, 0.2) is 5.76 Å². The van der Waals surface area contributed by atoms with Crippen molar-refractivity contribution in [2.75, 3.05) is 13.2 Å². The second-order valence-corrected chi connectivity index (χ2v) is 5.02. The Morgan fingerprint density at radius 2 is 2.05 bits per heavy atom. The number of carboxylic acid groups (broad SMARTS) is 1. The number of furan rings is 1. The SMILES string of the molecule is CCc1oc(C(=O)NC2(C(=O)O)CCOCC2)cc1C. The Bertz CT molecular complexity index is 514. The standard InChI is InChI=1S/C14H19NO5/c1-3-10-9(2)8-11(20-10)12(16)15-14(13(17)18)4-6-19-7-5-14/h8H,3-7H2,1-2H3,(H,15,16)(H,17,18). The highest BCUT2D eigenvalue weighted by atomic mass is 16.5. The Morgan fingerprint density at radius 3 is 2.55 bits per heavy atom. The lowest BCUT2D eigenvalue weighted by atomic mass is 9.90. The predicted octanol–water partition coefficient (Wildman–Crippen LogP) is 1.51. The number of carbonyl (C=O) groups excluding carboxylic acids is 1. The number of rotatable bonds is 4. The van der Waals surface area contributed by atoms with Crippen molar-refractivity contribution in [1.29, 1.82) is 0 Å². The van der Waals surface area contributed by atoms with Crippen molar-refractivity contribution in [1.82, 2.24) is 5.32 Å². The molecule has 20 heavy (non-hydrogen) atoms. The van der Waals surface area contributed by atoms with Gasteiger partial charge in [-0.25, -0.2) is 4.79 Å². The Labute approximate surface area is 117 Å². The molecular weight excluding hydrogens is 262 g/mol. The van der Waals surface area contributed by atoms with E-state index in [1.54, 1.807) is 6.07 Å². The van der Waals surface area contributed by atoms with Crippen LogP contribution in [0.2, 0.25) is 0 Å². The van der Waals surface area contributed by atoms with Crippen LogP contribution in [-0.4, -0.2) is 35.7 Å². The van der Waals surface area contributed by atoms with Gasteiger partial charge < -0.3 is 19.6 Å². The monoisotopic (exact) mass is 281 g/mol. The smallest absolute Gasteiger partial charge is 0.329 e. The molecule has 1 aliphatic rings. The summed E-state index contributed by atoms with van der Waals surface area (Å²) in [5.74, 6) is -0.622. The molecule has 6 heteroatoms. The summed E-state index contributed by atoms with van der Waals surface area (Å²) < 4.78 is 10.6. The van der Waals surface area contributed by atoms with E-state index in [0.717, 1.165) is 11.3 Å². The molecule has 110 valence electrons. The summed E-state index contributed by atoms with van der Waals surface area (Å²) in [4.78, 5) is 23.7. The van der Waals surface area contributed by atoms with Gasteiger partial charge in [-0.15, -0.1) is 0 Å². The molecule has 2 N–H and O–H groups in total. The minimum atomic E-state index is -1.26. The fraction of sp³-hybridized carbons (Fsp3) is 0.571. The molecule has 1 aromatic rings. The molecule has 1 aliphatic heterocycles. The van der Waals surface area contributed by atoms with Crippen LogP contribution in [0.5, 0.6) is 0 Å². The lowest BCUT2D eigenvalue weighted by Crippen LogP contribution is -2.57. The maximum Gasteiger partial charge on any atom is 0.329 e. The summed E-state index contributed by atoms with van der Waals surface area (Å²) in [5.41, 5.74) is -0.364. The number of hydrogen-bond acceptors (Lipinski definition) is 4. The number of nitrogens with one attached hydrogen (secondary N) is 1. The molecule has 0 spiro atoms. The molecule has 0 atom stereocenters. The Kier molecular flexibility index (Phi) is 4.13. The Hall–Kier alpha value is -1.82. The third kappa shape index (κ3) is 2.70. The first kappa shape index (κ1) is 14.6. The molecule has 2 rings (SSSR count). The first-order chi connectivity index (χ1) is 9.48. The molecule has 1 amide bonds. The van der Waals surface area contributed by atoms with Gasteiger partial charge in [0, 0.05) is 32.5 Å². The summed E-state index contributed by atoms with van der Waals surface area (Å²) >= 11 is 0. The van der Waals surface area contributed by atoms with E-state index in [1.165, 1.54) is 0 Å². The maximum atomic E-state index is 12.2. The highest BCUT2D eigenvalue weighted by molar-refractivity contribution is 5.96. The second-order valence-electron chi connectivity index (χ2n) is 5.02. The van der Waals surface area contributed by atoms with Crippen LogP contribution in [0.4, 0.5) is 0 Å². The maximum absolute atomic E-state index is 12.2. The van der Waals surface area contributed by atoms with Crippen molar-refractivity contribution in [3.63, 3.8) is 0 Å². The first-order valence-electron chi connectivity index (χ1n) is 6.71. The van der Waals surface area contributed by atoms with E-state index in [1.807, 2.05) is 13.8 Å². The van der Waals surface area contributed by atoms with E-state index in [2.05, 4.69) is 5.32 Å². The number of carboxylic acids is 1. The van der Waals surface area contributed by atoms with Gasteiger partial charge in [0.2, 0.25) is 0 Å². The first-order valence-corrected chi connectivity index (χ1v) is 6.71. The molecule has 1 aromatic heterocycles. The Balaban J connectivity index is 2.17. The normalized spacial score (nSPS) is 17.7. The fourth-order valence-electron chi connectivity index (χ4n) is 2.37. The summed E-state index contributed by atoms with van der Waals surface area (Å²) in [5, 5.41) is 12.0. The zero-order valence-corrected chi connectivity index (χ0v) is 11.7. The van der Waals surface area contributed by atoms with Crippen LogP contribution in [0.15, 0.2) is 10.5 Å². The van der Waals surface area contributed by atoms with Gasteiger partial charge >= 0.3 is 5.97 Å². The lowest BCUT2D eigenvalue weighted by Gasteiger charge is -2.33. The molecule has 0 bridgehead atoms. The fourth-order valence-corrected chi connectivity index (χ4v) is 2.37.